The fourth-order valence-electron chi connectivity index (χ4n) is 2.24. The molecule has 1 unspecified atom stereocenters. The Morgan fingerprint density at radius 2 is 2.19 bits per heavy atom. The lowest BCUT2D eigenvalue weighted by Gasteiger charge is -2.27. The van der Waals surface area contributed by atoms with Gasteiger partial charge in [-0.1, -0.05) is 36.7 Å². The molecule has 1 heterocycles. The van der Waals surface area contributed by atoms with Crippen LogP contribution in [0.15, 0.2) is 6.20 Å². The summed E-state index contributed by atoms with van der Waals surface area (Å²) in [5.41, 5.74) is 1.24. The monoisotopic (exact) mass is 288 g/mol. The number of aromatic nitrogens is 2. The Morgan fingerprint density at radius 1 is 1.56 bits per heavy atom. The molecule has 0 saturated carbocycles. The summed E-state index contributed by atoms with van der Waals surface area (Å²) in [6.07, 6.45) is 2.86. The van der Waals surface area contributed by atoms with Crippen molar-refractivity contribution < 1.29 is 4.74 Å². The van der Waals surface area contributed by atoms with Crippen LogP contribution in [0.25, 0.3) is 0 Å². The zero-order valence-electron chi connectivity index (χ0n) is 10.7. The van der Waals surface area contributed by atoms with Crippen LogP contribution in [-0.4, -0.2) is 21.7 Å². The van der Waals surface area contributed by atoms with Gasteiger partial charge >= 0.3 is 0 Å². The molecule has 1 atom stereocenters. The van der Waals surface area contributed by atoms with Crippen LogP contribution < -0.4 is 4.74 Å². The average molecular weight is 289 g/mol. The molecule has 0 radical (unpaired) electrons. The Hall–Kier alpha value is -0.510. The number of hydrogen-bond acceptors (Lipinski definition) is 2. The molecule has 0 amide bonds. The molecule has 3 nitrogen and oxygen atoms in total. The first-order chi connectivity index (χ1) is 7.42. The van der Waals surface area contributed by atoms with Crippen molar-refractivity contribution in [3.63, 3.8) is 0 Å². The van der Waals surface area contributed by atoms with E-state index in [0.717, 1.165) is 18.7 Å². The van der Waals surface area contributed by atoms with Crippen molar-refractivity contribution in [2.24, 2.45) is 0 Å². The lowest BCUT2D eigenvalue weighted by molar-refractivity contribution is 0.370. The van der Waals surface area contributed by atoms with Crippen molar-refractivity contribution >= 4 is 15.9 Å². The van der Waals surface area contributed by atoms with Crippen LogP contribution in [0.1, 0.15) is 39.8 Å². The number of methoxy groups -OCH3 is 1. The second-order valence-corrected chi connectivity index (χ2v) is 6.31. The molecule has 1 aromatic rings. The maximum absolute atomic E-state index is 5.40. The molecular weight excluding hydrogens is 268 g/mol. The van der Waals surface area contributed by atoms with E-state index in [0.29, 0.717) is 4.83 Å². The summed E-state index contributed by atoms with van der Waals surface area (Å²) < 4.78 is 7.42. The van der Waals surface area contributed by atoms with E-state index in [2.05, 4.69) is 48.7 Å². The van der Waals surface area contributed by atoms with Crippen molar-refractivity contribution in [1.29, 1.82) is 0 Å². The van der Waals surface area contributed by atoms with Gasteiger partial charge in [0.1, 0.15) is 0 Å². The Morgan fingerprint density at radius 3 is 2.62 bits per heavy atom. The highest BCUT2D eigenvalue weighted by Gasteiger charge is 2.30. The van der Waals surface area contributed by atoms with Gasteiger partial charge in [-0.15, -0.1) is 0 Å². The highest BCUT2D eigenvalue weighted by atomic mass is 79.9. The predicted octanol–water partition coefficient (Wildman–Crippen LogP) is 3.36. The summed E-state index contributed by atoms with van der Waals surface area (Å²) in [5.74, 6) is 0.889. The third-order valence-electron chi connectivity index (χ3n) is 2.76. The predicted molar refractivity (Wildman–Crippen MR) is 70.5 cm³/mol. The van der Waals surface area contributed by atoms with E-state index in [9.17, 15) is 0 Å². The van der Waals surface area contributed by atoms with Crippen molar-refractivity contribution in [2.45, 2.75) is 50.9 Å². The molecule has 1 rings (SSSR count). The van der Waals surface area contributed by atoms with Gasteiger partial charge < -0.3 is 4.74 Å². The first-order valence-electron chi connectivity index (χ1n) is 5.66. The third kappa shape index (κ3) is 2.78. The molecule has 0 aliphatic heterocycles. The van der Waals surface area contributed by atoms with Gasteiger partial charge in [0.25, 0.3) is 0 Å². The van der Waals surface area contributed by atoms with E-state index < -0.39 is 0 Å². The number of hydrogen-bond donors (Lipinski definition) is 0. The number of nitrogens with zero attached hydrogens (tertiary/aromatic N) is 2. The van der Waals surface area contributed by atoms with Crippen LogP contribution in [0.3, 0.4) is 0 Å². The smallest absolute Gasteiger partial charge is 0.160 e. The zero-order chi connectivity index (χ0) is 12.3. The summed E-state index contributed by atoms with van der Waals surface area (Å²) in [7, 11) is 1.70. The van der Waals surface area contributed by atoms with Crippen LogP contribution >= 0.6 is 15.9 Å². The second kappa shape index (κ2) is 5.21. The highest BCUT2D eigenvalue weighted by molar-refractivity contribution is 9.09. The first-order valence-corrected chi connectivity index (χ1v) is 6.58. The van der Waals surface area contributed by atoms with E-state index in [4.69, 9.17) is 4.74 Å². The molecule has 0 aromatic carbocycles. The zero-order valence-corrected chi connectivity index (χ0v) is 12.3. The topological polar surface area (TPSA) is 27.1 Å². The maximum atomic E-state index is 5.40. The van der Waals surface area contributed by atoms with Crippen molar-refractivity contribution in [2.75, 3.05) is 7.11 Å². The van der Waals surface area contributed by atoms with Crippen LogP contribution in [0.4, 0.5) is 0 Å². The standard InChI is InChI=1S/C12H21BrN2O/c1-6-15-11(10(16-5)8-14-15)12(3,4)7-9(2)13/h8-9H,6-7H2,1-5H3. The molecule has 92 valence electrons. The SMILES string of the molecule is CCn1ncc(OC)c1C(C)(C)CC(C)Br. The summed E-state index contributed by atoms with van der Waals surface area (Å²) in [6.45, 7) is 9.61. The molecule has 16 heavy (non-hydrogen) atoms. The number of aryl methyl sites for hydroxylation is 1. The van der Waals surface area contributed by atoms with Gasteiger partial charge in [0, 0.05) is 16.8 Å². The normalized spacial score (nSPS) is 13.9. The molecule has 1 aromatic heterocycles. The summed E-state index contributed by atoms with van der Waals surface area (Å²) in [4.78, 5) is 0.479. The molecule has 0 aliphatic rings. The largest absolute Gasteiger partial charge is 0.493 e. The molecule has 0 bridgehead atoms. The third-order valence-corrected chi connectivity index (χ3v) is 3.08. The van der Waals surface area contributed by atoms with Crippen molar-refractivity contribution in [3.05, 3.63) is 11.9 Å². The molecular formula is C12H21BrN2O. The van der Waals surface area contributed by atoms with Gasteiger partial charge in [0.05, 0.1) is 19.0 Å². The van der Waals surface area contributed by atoms with Gasteiger partial charge in [-0.05, 0) is 13.3 Å². The van der Waals surface area contributed by atoms with Crippen molar-refractivity contribution in [1.82, 2.24) is 9.78 Å². The van der Waals surface area contributed by atoms with Gasteiger partial charge in [-0.2, -0.15) is 5.10 Å². The number of alkyl halides is 1. The minimum atomic E-state index is 0.0563. The van der Waals surface area contributed by atoms with E-state index in [1.165, 1.54) is 5.69 Å². The van der Waals surface area contributed by atoms with E-state index in [1.54, 1.807) is 13.3 Å². The van der Waals surface area contributed by atoms with Crippen LogP contribution in [0.2, 0.25) is 0 Å². The van der Waals surface area contributed by atoms with Gasteiger partial charge in [0.15, 0.2) is 5.75 Å². The minimum Gasteiger partial charge on any atom is -0.493 e. The molecule has 0 aliphatic carbocycles. The maximum Gasteiger partial charge on any atom is 0.160 e. The van der Waals surface area contributed by atoms with Crippen LogP contribution in [0, 0.1) is 0 Å². The summed E-state index contributed by atoms with van der Waals surface area (Å²) in [6, 6.07) is 0. The van der Waals surface area contributed by atoms with E-state index >= 15 is 0 Å². The fraction of sp³-hybridized carbons (Fsp3) is 0.750. The van der Waals surface area contributed by atoms with Crippen molar-refractivity contribution in [3.8, 4) is 5.75 Å². The van der Waals surface area contributed by atoms with E-state index in [-0.39, 0.29) is 5.41 Å². The Bertz CT molecular complexity index is 323. The van der Waals surface area contributed by atoms with Gasteiger partial charge in [-0.3, -0.25) is 4.68 Å². The molecule has 4 heteroatoms. The molecule has 0 spiro atoms. The average Bonchev–Trinajstić information content (AvgIpc) is 2.58. The molecule has 0 fully saturated rings. The lowest BCUT2D eigenvalue weighted by Crippen LogP contribution is -2.25. The fourth-order valence-corrected chi connectivity index (χ4v) is 3.05. The Labute approximate surface area is 106 Å². The quantitative estimate of drug-likeness (QED) is 0.777. The Kier molecular flexibility index (Phi) is 4.42. The van der Waals surface area contributed by atoms with Crippen LogP contribution in [-0.2, 0) is 12.0 Å². The molecule has 0 N–H and O–H groups in total. The number of ether oxygens (including phenoxy) is 1. The van der Waals surface area contributed by atoms with Gasteiger partial charge in [0.2, 0.25) is 0 Å². The van der Waals surface area contributed by atoms with Gasteiger partial charge in [-0.25, -0.2) is 0 Å². The Balaban J connectivity index is 3.12. The number of rotatable bonds is 5. The first kappa shape index (κ1) is 13.6. The second-order valence-electron chi connectivity index (χ2n) is 4.75. The summed E-state index contributed by atoms with van der Waals surface area (Å²) >= 11 is 3.62. The summed E-state index contributed by atoms with van der Waals surface area (Å²) in [5, 5.41) is 4.36. The number of halogens is 1. The highest BCUT2D eigenvalue weighted by Crippen LogP contribution is 2.36. The minimum absolute atomic E-state index is 0.0563. The van der Waals surface area contributed by atoms with E-state index in [1.807, 2.05) is 4.68 Å². The molecule has 0 saturated heterocycles. The lowest BCUT2D eigenvalue weighted by atomic mass is 9.84. The van der Waals surface area contributed by atoms with Crippen LogP contribution in [0.5, 0.6) is 5.75 Å².